The van der Waals surface area contributed by atoms with E-state index >= 15 is 0 Å². The lowest BCUT2D eigenvalue weighted by molar-refractivity contribution is 0.557. The lowest BCUT2D eigenvalue weighted by Gasteiger charge is -1.76. The van der Waals surface area contributed by atoms with Crippen molar-refractivity contribution >= 4 is 12.2 Å². The van der Waals surface area contributed by atoms with Crippen molar-refractivity contribution < 1.29 is 9.21 Å². The molecule has 1 aromatic rings. The van der Waals surface area contributed by atoms with E-state index in [4.69, 9.17) is 4.42 Å². The molecule has 0 fully saturated rings. The Morgan fingerprint density at radius 1 is 1.70 bits per heavy atom. The van der Waals surface area contributed by atoms with E-state index in [1.165, 1.54) is 12.3 Å². The zero-order valence-electron chi connectivity index (χ0n) is 5.15. The molecule has 0 aliphatic carbocycles. The average Bonchev–Trinajstić information content (AvgIpc) is 2.41. The molecule has 0 saturated carbocycles. The van der Waals surface area contributed by atoms with Crippen LogP contribution in [0.3, 0.4) is 0 Å². The van der Waals surface area contributed by atoms with Gasteiger partial charge in [0.1, 0.15) is 5.76 Å². The maximum absolute atomic E-state index is 9.56. The smallest absolute Gasteiger partial charge is 0.239 e. The first-order chi connectivity index (χ1) is 4.93. The third-order valence-corrected chi connectivity index (χ3v) is 0.909. The molecular weight excluding hydrogens is 130 g/mol. The summed E-state index contributed by atoms with van der Waals surface area (Å²) in [5.74, 6) is 0.666. The van der Waals surface area contributed by atoms with Gasteiger partial charge < -0.3 is 4.42 Å². The Labute approximate surface area is 57.7 Å². The molecule has 0 aliphatic heterocycles. The number of aliphatic imine (C=N–C) groups is 1. The summed E-state index contributed by atoms with van der Waals surface area (Å²) in [6.07, 6.45) is 5.82. The second-order valence-corrected chi connectivity index (χ2v) is 1.55. The quantitative estimate of drug-likeness (QED) is 0.456. The highest BCUT2D eigenvalue weighted by molar-refractivity contribution is 5.45. The van der Waals surface area contributed by atoms with Crippen LogP contribution in [0.5, 0.6) is 0 Å². The predicted octanol–water partition coefficient (Wildman–Crippen LogP) is 1.59. The number of carbonyl (C=O) groups excluding carboxylic acids is 1. The molecule has 0 unspecified atom stereocenters. The van der Waals surface area contributed by atoms with Crippen LogP contribution < -0.4 is 0 Å². The second-order valence-electron chi connectivity index (χ2n) is 1.55. The van der Waals surface area contributed by atoms with Gasteiger partial charge in [0.25, 0.3) is 0 Å². The van der Waals surface area contributed by atoms with E-state index in [0.29, 0.717) is 5.76 Å². The van der Waals surface area contributed by atoms with E-state index in [-0.39, 0.29) is 0 Å². The van der Waals surface area contributed by atoms with Crippen molar-refractivity contribution in [2.45, 2.75) is 0 Å². The van der Waals surface area contributed by atoms with E-state index in [0.717, 1.165) is 0 Å². The van der Waals surface area contributed by atoms with Crippen LogP contribution in [0.25, 0.3) is 6.08 Å². The Balaban J connectivity index is 2.63. The van der Waals surface area contributed by atoms with Crippen LogP contribution in [0.1, 0.15) is 5.76 Å². The maximum Gasteiger partial charge on any atom is 0.239 e. The van der Waals surface area contributed by atoms with E-state index < -0.39 is 0 Å². The number of isocyanates is 1. The molecule has 1 rings (SSSR count). The first kappa shape index (κ1) is 6.52. The minimum atomic E-state index is 0.666. The van der Waals surface area contributed by atoms with Gasteiger partial charge in [0, 0.05) is 6.20 Å². The van der Waals surface area contributed by atoms with E-state index in [9.17, 15) is 4.79 Å². The molecule has 3 heteroatoms. The van der Waals surface area contributed by atoms with Crippen molar-refractivity contribution in [3.63, 3.8) is 0 Å². The fraction of sp³-hybridized carbons (Fsp3) is 0. The Morgan fingerprint density at radius 3 is 3.20 bits per heavy atom. The molecule has 0 atom stereocenters. The van der Waals surface area contributed by atoms with Gasteiger partial charge in [0.15, 0.2) is 0 Å². The predicted molar refractivity (Wildman–Crippen MR) is 35.9 cm³/mol. The highest BCUT2D eigenvalue weighted by Gasteiger charge is 1.83. The van der Waals surface area contributed by atoms with Gasteiger partial charge in [-0.2, -0.15) is 4.99 Å². The molecule has 10 heavy (non-hydrogen) atoms. The molecule has 0 aromatic carbocycles. The summed E-state index contributed by atoms with van der Waals surface area (Å²) < 4.78 is 4.90. The summed E-state index contributed by atoms with van der Waals surface area (Å²) in [5, 5.41) is 0. The van der Waals surface area contributed by atoms with Crippen LogP contribution in [0.4, 0.5) is 0 Å². The van der Waals surface area contributed by atoms with Gasteiger partial charge in [-0.05, 0) is 18.2 Å². The van der Waals surface area contributed by atoms with Gasteiger partial charge in [0.05, 0.1) is 6.26 Å². The number of nitrogens with zero attached hydrogens (tertiary/aromatic N) is 1. The standard InChI is InChI=1S/C7H5NO2/c9-6-8-4-3-7-2-1-5-10-7/h1-5H/b4-3+. The summed E-state index contributed by atoms with van der Waals surface area (Å²) in [5.41, 5.74) is 0. The van der Waals surface area contributed by atoms with Crippen molar-refractivity contribution in [3.05, 3.63) is 30.4 Å². The van der Waals surface area contributed by atoms with E-state index in [2.05, 4.69) is 4.99 Å². The summed E-state index contributed by atoms with van der Waals surface area (Å²) >= 11 is 0. The molecule has 1 aromatic heterocycles. The van der Waals surface area contributed by atoms with Crippen LogP contribution in [0.2, 0.25) is 0 Å². The van der Waals surface area contributed by atoms with Gasteiger partial charge in [-0.25, -0.2) is 4.79 Å². The Bertz CT molecular complexity index is 255. The van der Waals surface area contributed by atoms with Crippen LogP contribution in [-0.2, 0) is 4.79 Å². The fourth-order valence-electron chi connectivity index (χ4n) is 0.527. The number of furan rings is 1. The molecule has 0 saturated heterocycles. The van der Waals surface area contributed by atoms with Gasteiger partial charge in [0.2, 0.25) is 6.08 Å². The Morgan fingerprint density at radius 2 is 2.60 bits per heavy atom. The fourth-order valence-corrected chi connectivity index (χ4v) is 0.527. The first-order valence-corrected chi connectivity index (χ1v) is 2.70. The summed E-state index contributed by atoms with van der Waals surface area (Å²) in [6.45, 7) is 0. The minimum Gasteiger partial charge on any atom is -0.465 e. The van der Waals surface area contributed by atoms with Gasteiger partial charge in [-0.15, -0.1) is 0 Å². The molecule has 0 bridgehead atoms. The lowest BCUT2D eigenvalue weighted by Crippen LogP contribution is -1.56. The van der Waals surface area contributed by atoms with E-state index in [1.807, 2.05) is 0 Å². The maximum atomic E-state index is 9.56. The van der Waals surface area contributed by atoms with Crippen molar-refractivity contribution in [1.82, 2.24) is 0 Å². The molecule has 3 nitrogen and oxygen atoms in total. The second kappa shape index (κ2) is 3.43. The zero-order valence-corrected chi connectivity index (χ0v) is 5.15. The number of rotatable bonds is 2. The van der Waals surface area contributed by atoms with Gasteiger partial charge in [-0.1, -0.05) is 0 Å². The SMILES string of the molecule is O=C=N/C=C/c1ccco1. The van der Waals surface area contributed by atoms with Crippen molar-refractivity contribution in [3.8, 4) is 0 Å². The summed E-state index contributed by atoms with van der Waals surface area (Å²) in [7, 11) is 0. The highest BCUT2D eigenvalue weighted by atomic mass is 16.3. The van der Waals surface area contributed by atoms with Crippen molar-refractivity contribution in [2.75, 3.05) is 0 Å². The Kier molecular flexibility index (Phi) is 2.24. The molecule has 0 amide bonds. The topological polar surface area (TPSA) is 42.6 Å². The van der Waals surface area contributed by atoms with Gasteiger partial charge in [-0.3, -0.25) is 0 Å². The average molecular weight is 135 g/mol. The van der Waals surface area contributed by atoms with Crippen LogP contribution in [0.15, 0.2) is 34.0 Å². The molecular formula is C7H5NO2. The van der Waals surface area contributed by atoms with E-state index in [1.54, 1.807) is 24.5 Å². The van der Waals surface area contributed by atoms with Crippen LogP contribution >= 0.6 is 0 Å². The Hall–Kier alpha value is -1.60. The monoisotopic (exact) mass is 135 g/mol. The third kappa shape index (κ3) is 1.73. The summed E-state index contributed by atoms with van der Waals surface area (Å²) in [4.78, 5) is 12.8. The highest BCUT2D eigenvalue weighted by Crippen LogP contribution is 2.01. The first-order valence-electron chi connectivity index (χ1n) is 2.70. The van der Waals surface area contributed by atoms with Crippen molar-refractivity contribution in [2.24, 2.45) is 4.99 Å². The van der Waals surface area contributed by atoms with Gasteiger partial charge >= 0.3 is 0 Å². The number of hydrogen-bond acceptors (Lipinski definition) is 3. The number of hydrogen-bond donors (Lipinski definition) is 0. The molecule has 50 valence electrons. The molecule has 0 radical (unpaired) electrons. The lowest BCUT2D eigenvalue weighted by atomic mass is 10.4. The molecule has 0 aliphatic rings. The molecule has 1 heterocycles. The third-order valence-electron chi connectivity index (χ3n) is 0.909. The normalized spacial score (nSPS) is 9.60. The van der Waals surface area contributed by atoms with Crippen LogP contribution in [-0.4, -0.2) is 6.08 Å². The molecule has 0 N–H and O–H groups in total. The molecule has 0 spiro atoms. The largest absolute Gasteiger partial charge is 0.465 e. The summed E-state index contributed by atoms with van der Waals surface area (Å²) in [6, 6.07) is 3.52. The minimum absolute atomic E-state index is 0.666. The van der Waals surface area contributed by atoms with Crippen molar-refractivity contribution in [1.29, 1.82) is 0 Å². The van der Waals surface area contributed by atoms with Crippen LogP contribution in [0, 0.1) is 0 Å². The zero-order chi connectivity index (χ0) is 7.23.